The van der Waals surface area contributed by atoms with Gasteiger partial charge in [0.05, 0.1) is 19.0 Å². The van der Waals surface area contributed by atoms with Gasteiger partial charge in [0.2, 0.25) is 5.91 Å². The number of benzene rings is 1. The molecule has 28 heavy (non-hydrogen) atoms. The lowest BCUT2D eigenvalue weighted by Crippen LogP contribution is -2.36. The van der Waals surface area contributed by atoms with Crippen molar-refractivity contribution < 1.29 is 9.53 Å². The van der Waals surface area contributed by atoms with E-state index in [2.05, 4.69) is 25.4 Å². The molecule has 0 saturated carbocycles. The minimum Gasteiger partial charge on any atom is -0.378 e. The highest BCUT2D eigenvalue weighted by Crippen LogP contribution is 2.21. The van der Waals surface area contributed by atoms with Crippen LogP contribution in [0.25, 0.3) is 5.78 Å². The van der Waals surface area contributed by atoms with Crippen molar-refractivity contribution in [1.29, 1.82) is 0 Å². The van der Waals surface area contributed by atoms with Gasteiger partial charge in [-0.1, -0.05) is 11.8 Å². The molecule has 0 atom stereocenters. The number of thioether (sulfide) groups is 1. The highest BCUT2D eigenvalue weighted by atomic mass is 32.2. The Hall–Kier alpha value is -2.65. The maximum Gasteiger partial charge on any atom is 0.256 e. The Morgan fingerprint density at radius 2 is 1.93 bits per heavy atom. The first-order valence-corrected chi connectivity index (χ1v) is 10.1. The summed E-state index contributed by atoms with van der Waals surface area (Å²) in [6, 6.07) is 9.87. The minimum atomic E-state index is -0.0846. The fourth-order valence-electron chi connectivity index (χ4n) is 3.20. The molecule has 1 aliphatic rings. The highest BCUT2D eigenvalue weighted by molar-refractivity contribution is 7.99. The molecule has 1 N–H and O–H groups in total. The molecule has 1 aliphatic heterocycles. The molecule has 9 heteroatoms. The van der Waals surface area contributed by atoms with Gasteiger partial charge < -0.3 is 15.0 Å². The van der Waals surface area contributed by atoms with Gasteiger partial charge in [-0.15, -0.1) is 10.2 Å². The number of rotatable bonds is 5. The van der Waals surface area contributed by atoms with Crippen LogP contribution in [-0.2, 0) is 9.53 Å². The number of anilines is 2. The van der Waals surface area contributed by atoms with Crippen LogP contribution in [0.2, 0.25) is 0 Å². The number of fused-ring (bicyclic) bond motifs is 1. The summed E-state index contributed by atoms with van der Waals surface area (Å²) in [5, 5.41) is 11.8. The van der Waals surface area contributed by atoms with Crippen molar-refractivity contribution in [3.63, 3.8) is 0 Å². The van der Waals surface area contributed by atoms with Gasteiger partial charge in [0.1, 0.15) is 0 Å². The van der Waals surface area contributed by atoms with Crippen molar-refractivity contribution in [2.45, 2.75) is 19.0 Å². The summed E-state index contributed by atoms with van der Waals surface area (Å²) in [6.45, 7) is 7.19. The Kier molecular flexibility index (Phi) is 5.45. The largest absolute Gasteiger partial charge is 0.378 e. The third kappa shape index (κ3) is 4.10. The molecule has 0 bridgehead atoms. The second kappa shape index (κ2) is 8.15. The molecule has 146 valence electrons. The van der Waals surface area contributed by atoms with Gasteiger partial charge in [-0.2, -0.15) is 0 Å². The van der Waals surface area contributed by atoms with Gasteiger partial charge >= 0.3 is 0 Å². The molecule has 8 nitrogen and oxygen atoms in total. The van der Waals surface area contributed by atoms with Gasteiger partial charge in [-0.3, -0.25) is 9.20 Å². The predicted octanol–water partition coefficient (Wildman–Crippen LogP) is 2.31. The number of nitrogens with one attached hydrogen (secondary N) is 1. The zero-order chi connectivity index (χ0) is 19.5. The molecule has 1 aromatic carbocycles. The number of aryl methyl sites for hydroxylation is 2. The topological polar surface area (TPSA) is 84.7 Å². The summed E-state index contributed by atoms with van der Waals surface area (Å²) >= 11 is 1.35. The van der Waals surface area contributed by atoms with Crippen LogP contribution in [0.1, 0.15) is 11.4 Å². The van der Waals surface area contributed by atoms with Crippen LogP contribution >= 0.6 is 11.8 Å². The monoisotopic (exact) mass is 398 g/mol. The van der Waals surface area contributed by atoms with E-state index in [0.717, 1.165) is 49.1 Å². The molecule has 2 aromatic heterocycles. The number of ether oxygens (including phenoxy) is 1. The number of morpholine rings is 1. The molecular formula is C19H22N6O2S. The van der Waals surface area contributed by atoms with Gasteiger partial charge in [0, 0.05) is 35.9 Å². The van der Waals surface area contributed by atoms with E-state index in [1.807, 2.05) is 48.6 Å². The summed E-state index contributed by atoms with van der Waals surface area (Å²) in [5.41, 5.74) is 3.81. The van der Waals surface area contributed by atoms with Crippen LogP contribution in [0.15, 0.2) is 35.5 Å². The SMILES string of the molecule is Cc1cc(C)n2c(SCC(=O)Nc3ccc(N4CCOCC4)cc3)nnc2n1. The molecule has 1 amide bonds. The minimum absolute atomic E-state index is 0.0846. The number of hydrogen-bond acceptors (Lipinski definition) is 7. The molecule has 1 saturated heterocycles. The van der Waals surface area contributed by atoms with E-state index in [1.54, 1.807) is 0 Å². The lowest BCUT2D eigenvalue weighted by molar-refractivity contribution is -0.113. The number of amides is 1. The van der Waals surface area contributed by atoms with E-state index in [4.69, 9.17) is 4.74 Å². The van der Waals surface area contributed by atoms with Crippen LogP contribution in [0.4, 0.5) is 11.4 Å². The molecule has 0 radical (unpaired) electrons. The van der Waals surface area contributed by atoms with E-state index in [-0.39, 0.29) is 11.7 Å². The van der Waals surface area contributed by atoms with Gasteiger partial charge in [-0.25, -0.2) is 4.98 Å². The number of carbonyl (C=O) groups is 1. The van der Waals surface area contributed by atoms with Crippen molar-refractivity contribution in [1.82, 2.24) is 19.6 Å². The van der Waals surface area contributed by atoms with Crippen molar-refractivity contribution in [3.8, 4) is 0 Å². The zero-order valence-electron chi connectivity index (χ0n) is 15.9. The number of aromatic nitrogens is 4. The Morgan fingerprint density at radius 1 is 1.18 bits per heavy atom. The van der Waals surface area contributed by atoms with Crippen molar-refractivity contribution in [2.75, 3.05) is 42.3 Å². The predicted molar refractivity (Wildman–Crippen MR) is 109 cm³/mol. The van der Waals surface area contributed by atoms with Gasteiger partial charge in [-0.05, 0) is 44.2 Å². The van der Waals surface area contributed by atoms with Crippen LogP contribution in [0, 0.1) is 13.8 Å². The molecule has 0 spiro atoms. The third-order valence-corrected chi connectivity index (χ3v) is 5.45. The first kappa shape index (κ1) is 18.7. The van der Waals surface area contributed by atoms with E-state index >= 15 is 0 Å². The summed E-state index contributed by atoms with van der Waals surface area (Å²) < 4.78 is 7.24. The van der Waals surface area contributed by atoms with E-state index in [0.29, 0.717) is 10.9 Å². The first-order chi connectivity index (χ1) is 13.6. The Labute approximate surface area is 167 Å². The fourth-order valence-corrected chi connectivity index (χ4v) is 3.98. The smallest absolute Gasteiger partial charge is 0.256 e. The molecular weight excluding hydrogens is 376 g/mol. The van der Waals surface area contributed by atoms with Gasteiger partial charge in [0.25, 0.3) is 5.78 Å². The van der Waals surface area contributed by atoms with E-state index in [1.165, 1.54) is 11.8 Å². The summed E-state index contributed by atoms with van der Waals surface area (Å²) in [7, 11) is 0. The molecule has 3 heterocycles. The summed E-state index contributed by atoms with van der Waals surface area (Å²) in [5.74, 6) is 0.719. The molecule has 0 aliphatic carbocycles. The number of carbonyl (C=O) groups excluding carboxylic acids is 1. The molecule has 0 unspecified atom stereocenters. The molecule has 4 rings (SSSR count). The van der Waals surface area contributed by atoms with Crippen LogP contribution in [-0.4, -0.2) is 57.5 Å². The second-order valence-electron chi connectivity index (χ2n) is 6.64. The summed E-state index contributed by atoms with van der Waals surface area (Å²) in [4.78, 5) is 19.0. The molecule has 3 aromatic rings. The van der Waals surface area contributed by atoms with Crippen LogP contribution in [0.3, 0.4) is 0 Å². The summed E-state index contributed by atoms with van der Waals surface area (Å²) in [6.07, 6.45) is 0. The lowest BCUT2D eigenvalue weighted by atomic mass is 10.2. The first-order valence-electron chi connectivity index (χ1n) is 9.15. The quantitative estimate of drug-likeness (QED) is 0.660. The Morgan fingerprint density at radius 3 is 2.68 bits per heavy atom. The van der Waals surface area contributed by atoms with Crippen molar-refractivity contribution in [3.05, 3.63) is 41.7 Å². The van der Waals surface area contributed by atoms with Crippen LogP contribution in [0.5, 0.6) is 0 Å². The van der Waals surface area contributed by atoms with Crippen LogP contribution < -0.4 is 10.2 Å². The maximum atomic E-state index is 12.3. The van der Waals surface area contributed by atoms with Crippen molar-refractivity contribution >= 4 is 34.8 Å². The number of nitrogens with zero attached hydrogens (tertiary/aromatic N) is 5. The fraction of sp³-hybridized carbons (Fsp3) is 0.368. The van der Waals surface area contributed by atoms with Gasteiger partial charge in [0.15, 0.2) is 5.16 Å². The maximum absolute atomic E-state index is 12.3. The van der Waals surface area contributed by atoms with Crippen molar-refractivity contribution in [2.24, 2.45) is 0 Å². The molecule has 1 fully saturated rings. The zero-order valence-corrected chi connectivity index (χ0v) is 16.7. The Balaban J connectivity index is 1.36. The van der Waals surface area contributed by atoms with E-state index in [9.17, 15) is 4.79 Å². The third-order valence-electron chi connectivity index (χ3n) is 4.52. The lowest BCUT2D eigenvalue weighted by Gasteiger charge is -2.28. The normalized spacial score (nSPS) is 14.4. The van der Waals surface area contributed by atoms with E-state index < -0.39 is 0 Å². The number of hydrogen-bond donors (Lipinski definition) is 1. The standard InChI is InChI=1S/C19H22N6O2S/c1-13-11-14(2)25-18(20-13)22-23-19(25)28-12-17(26)21-15-3-5-16(6-4-15)24-7-9-27-10-8-24/h3-6,11H,7-10,12H2,1-2H3,(H,21,26). The Bertz CT molecular complexity index is 982. The second-order valence-corrected chi connectivity index (χ2v) is 7.58. The average molecular weight is 398 g/mol. The highest BCUT2D eigenvalue weighted by Gasteiger charge is 2.13. The average Bonchev–Trinajstić information content (AvgIpc) is 3.11.